The second-order valence-corrected chi connectivity index (χ2v) is 9.90. The van der Waals surface area contributed by atoms with E-state index in [2.05, 4.69) is 36.2 Å². The van der Waals surface area contributed by atoms with Crippen LogP contribution in [0.1, 0.15) is 91.5 Å². The Kier molecular flexibility index (Phi) is 6.77. The van der Waals surface area contributed by atoms with E-state index in [1.54, 1.807) is 13.1 Å². The van der Waals surface area contributed by atoms with Gasteiger partial charge in [-0.2, -0.15) is 5.10 Å². The van der Waals surface area contributed by atoms with Crippen molar-refractivity contribution >= 4 is 22.8 Å². The Morgan fingerprint density at radius 2 is 1.86 bits per heavy atom. The molecule has 2 heterocycles. The lowest BCUT2D eigenvalue weighted by atomic mass is 9.86. The number of benzene rings is 1. The van der Waals surface area contributed by atoms with Crippen molar-refractivity contribution in [2.75, 3.05) is 7.11 Å². The lowest BCUT2D eigenvalue weighted by Gasteiger charge is -2.27. The van der Waals surface area contributed by atoms with Gasteiger partial charge in [0.2, 0.25) is 0 Å². The number of methoxy groups -OCH3 is 1. The summed E-state index contributed by atoms with van der Waals surface area (Å²) in [5.74, 6) is 6.38. The van der Waals surface area contributed by atoms with Gasteiger partial charge in [-0.3, -0.25) is 19.3 Å². The van der Waals surface area contributed by atoms with Crippen molar-refractivity contribution in [3.8, 4) is 11.8 Å². The third-order valence-electron chi connectivity index (χ3n) is 7.51. The fourth-order valence-electron chi connectivity index (χ4n) is 5.23. The summed E-state index contributed by atoms with van der Waals surface area (Å²) in [4.78, 5) is 30.1. The van der Waals surface area contributed by atoms with E-state index in [1.165, 1.54) is 25.5 Å². The highest BCUT2D eigenvalue weighted by atomic mass is 16.5. The maximum absolute atomic E-state index is 13.5. The molecule has 2 saturated carbocycles. The van der Waals surface area contributed by atoms with Gasteiger partial charge in [-0.05, 0) is 82.1 Å². The number of rotatable bonds is 6. The first-order chi connectivity index (χ1) is 17.5. The van der Waals surface area contributed by atoms with E-state index < -0.39 is 0 Å². The zero-order chi connectivity index (χ0) is 25.2. The van der Waals surface area contributed by atoms with Crippen LogP contribution in [0.5, 0.6) is 0 Å². The molecule has 1 amide bonds. The molecule has 1 N–H and O–H groups in total. The summed E-state index contributed by atoms with van der Waals surface area (Å²) in [5, 5.41) is 8.74. The minimum atomic E-state index is -0.161. The van der Waals surface area contributed by atoms with Gasteiger partial charge < -0.3 is 10.1 Å². The fourth-order valence-corrected chi connectivity index (χ4v) is 5.23. The minimum Gasteiger partial charge on any atom is -0.469 e. The van der Waals surface area contributed by atoms with Crippen LogP contribution in [0.25, 0.3) is 10.9 Å². The van der Waals surface area contributed by atoms with Gasteiger partial charge in [0.05, 0.1) is 42.0 Å². The average Bonchev–Trinajstić information content (AvgIpc) is 3.67. The van der Waals surface area contributed by atoms with Gasteiger partial charge in [0.15, 0.2) is 0 Å². The summed E-state index contributed by atoms with van der Waals surface area (Å²) in [7, 11) is 1.43. The average molecular weight is 485 g/mol. The third kappa shape index (κ3) is 4.73. The zero-order valence-corrected chi connectivity index (χ0v) is 21.1. The molecular formula is C29H32N4O3. The van der Waals surface area contributed by atoms with Crippen LogP contribution < -0.4 is 5.32 Å². The van der Waals surface area contributed by atoms with Crippen LogP contribution in [0, 0.1) is 17.8 Å². The largest absolute Gasteiger partial charge is 0.469 e. The van der Waals surface area contributed by atoms with Crippen LogP contribution in [-0.4, -0.2) is 39.8 Å². The first kappa shape index (κ1) is 24.1. The minimum absolute atomic E-state index is 0.0222. The molecular weight excluding hydrogens is 452 g/mol. The highest BCUT2D eigenvalue weighted by Gasteiger charge is 2.29. The second-order valence-electron chi connectivity index (χ2n) is 9.90. The van der Waals surface area contributed by atoms with Gasteiger partial charge in [0.25, 0.3) is 5.91 Å². The van der Waals surface area contributed by atoms with E-state index in [-0.39, 0.29) is 29.9 Å². The fraction of sp³-hybridized carbons (Fsp3) is 0.448. The van der Waals surface area contributed by atoms with Crippen LogP contribution in [0.3, 0.4) is 0 Å². The van der Waals surface area contributed by atoms with Gasteiger partial charge >= 0.3 is 5.97 Å². The van der Waals surface area contributed by atoms with Crippen molar-refractivity contribution in [1.82, 2.24) is 20.1 Å². The lowest BCUT2D eigenvalue weighted by molar-refractivity contribution is -0.146. The lowest BCUT2D eigenvalue weighted by Crippen LogP contribution is -2.39. The molecule has 1 atom stereocenters. The predicted molar refractivity (Wildman–Crippen MR) is 138 cm³/mol. The molecule has 0 aliphatic heterocycles. The molecule has 186 valence electrons. The van der Waals surface area contributed by atoms with Gasteiger partial charge in [0, 0.05) is 23.2 Å². The van der Waals surface area contributed by atoms with Gasteiger partial charge in [-0.25, -0.2) is 0 Å². The number of esters is 1. The quantitative estimate of drug-likeness (QED) is 0.403. The van der Waals surface area contributed by atoms with E-state index in [0.717, 1.165) is 47.8 Å². The molecule has 1 unspecified atom stereocenters. The molecule has 0 bridgehead atoms. The van der Waals surface area contributed by atoms with Crippen molar-refractivity contribution in [3.63, 3.8) is 0 Å². The summed E-state index contributed by atoms with van der Waals surface area (Å²) in [6.07, 6.45) is 9.19. The SMILES string of the molecule is CC#Cc1ccc(C(=O)NC2CCC(C(=O)OC)CC2)c2c1cnn2C(C)c1ccc(C2CC2)cn1. The summed E-state index contributed by atoms with van der Waals surface area (Å²) in [5.41, 5.74) is 4.37. The van der Waals surface area contributed by atoms with E-state index >= 15 is 0 Å². The first-order valence-electron chi connectivity index (χ1n) is 12.8. The van der Waals surface area contributed by atoms with Gasteiger partial charge in [0.1, 0.15) is 0 Å². The predicted octanol–water partition coefficient (Wildman–Crippen LogP) is 4.75. The highest BCUT2D eigenvalue weighted by Crippen LogP contribution is 2.40. The number of carbonyl (C=O) groups excluding carboxylic acids is 2. The molecule has 0 radical (unpaired) electrons. The van der Waals surface area contributed by atoms with Crippen LogP contribution in [0.2, 0.25) is 0 Å². The van der Waals surface area contributed by atoms with E-state index in [4.69, 9.17) is 14.8 Å². The molecule has 2 fully saturated rings. The molecule has 2 aromatic heterocycles. The molecule has 3 aromatic rings. The maximum atomic E-state index is 13.5. The smallest absolute Gasteiger partial charge is 0.308 e. The number of pyridine rings is 1. The number of ether oxygens (including phenoxy) is 1. The summed E-state index contributed by atoms with van der Waals surface area (Å²) < 4.78 is 6.77. The van der Waals surface area contributed by atoms with Crippen molar-refractivity contribution in [2.24, 2.45) is 5.92 Å². The maximum Gasteiger partial charge on any atom is 0.308 e. The molecule has 36 heavy (non-hydrogen) atoms. The zero-order valence-electron chi connectivity index (χ0n) is 21.1. The first-order valence-corrected chi connectivity index (χ1v) is 12.8. The molecule has 0 saturated heterocycles. The summed E-state index contributed by atoms with van der Waals surface area (Å²) in [6, 6.07) is 7.83. The number of hydrogen-bond acceptors (Lipinski definition) is 5. The normalized spacial score (nSPS) is 20.3. The van der Waals surface area contributed by atoms with Crippen LogP contribution in [0.4, 0.5) is 0 Å². The number of carbonyl (C=O) groups is 2. The molecule has 5 rings (SSSR count). The van der Waals surface area contributed by atoms with Gasteiger partial charge in [-0.1, -0.05) is 12.0 Å². The topological polar surface area (TPSA) is 86.1 Å². The molecule has 1 aromatic carbocycles. The van der Waals surface area contributed by atoms with E-state index in [0.29, 0.717) is 11.5 Å². The Labute approximate surface area is 211 Å². The molecule has 2 aliphatic carbocycles. The Morgan fingerprint density at radius 1 is 1.08 bits per heavy atom. The monoisotopic (exact) mass is 484 g/mol. The Hall–Kier alpha value is -3.66. The van der Waals surface area contributed by atoms with Crippen molar-refractivity contribution in [3.05, 3.63) is 59.0 Å². The number of nitrogens with zero attached hydrogens (tertiary/aromatic N) is 3. The molecule has 7 heteroatoms. The van der Waals surface area contributed by atoms with E-state index in [1.807, 2.05) is 23.0 Å². The summed E-state index contributed by atoms with van der Waals surface area (Å²) in [6.45, 7) is 3.86. The highest BCUT2D eigenvalue weighted by molar-refractivity contribution is 6.07. The summed E-state index contributed by atoms with van der Waals surface area (Å²) >= 11 is 0. The number of nitrogens with one attached hydrogen (secondary N) is 1. The van der Waals surface area contributed by atoms with Crippen molar-refractivity contribution in [1.29, 1.82) is 0 Å². The van der Waals surface area contributed by atoms with Crippen LogP contribution >= 0.6 is 0 Å². The molecule has 2 aliphatic rings. The number of amides is 1. The number of fused-ring (bicyclic) bond motifs is 1. The standard InChI is InChI=1S/C29H32N4O3/c1-4-5-20-10-14-24(28(34)32-23-12-8-21(9-13-23)29(35)36-3)27-25(20)17-31-33(27)18(2)26-15-11-22(16-30-26)19-6-7-19/h10-11,14-19,21,23H,6-9,12-13H2,1-3H3,(H,32,34). The van der Waals surface area contributed by atoms with Crippen LogP contribution in [-0.2, 0) is 9.53 Å². The Morgan fingerprint density at radius 3 is 2.50 bits per heavy atom. The third-order valence-corrected chi connectivity index (χ3v) is 7.51. The Bertz CT molecular complexity index is 1340. The van der Waals surface area contributed by atoms with Crippen molar-refractivity contribution < 1.29 is 14.3 Å². The van der Waals surface area contributed by atoms with Crippen molar-refractivity contribution in [2.45, 2.75) is 70.4 Å². The molecule has 0 spiro atoms. The number of aromatic nitrogens is 3. The molecule has 7 nitrogen and oxygen atoms in total. The van der Waals surface area contributed by atoms with Crippen LogP contribution in [0.15, 0.2) is 36.7 Å². The Balaban J connectivity index is 1.43. The van der Waals surface area contributed by atoms with E-state index in [9.17, 15) is 9.59 Å². The second kappa shape index (κ2) is 10.1. The van der Waals surface area contributed by atoms with Gasteiger partial charge in [-0.15, -0.1) is 5.92 Å². The number of hydrogen-bond donors (Lipinski definition) is 1.